The number of pyridine rings is 1. The summed E-state index contributed by atoms with van der Waals surface area (Å²) in [6.45, 7) is 1.41. The number of methoxy groups -OCH3 is 1. The summed E-state index contributed by atoms with van der Waals surface area (Å²) in [6.07, 6.45) is 0.387. The fourth-order valence-corrected chi connectivity index (χ4v) is 3.02. The first kappa shape index (κ1) is 20.8. The number of nitrogens with zero attached hydrogens (tertiary/aromatic N) is 4. The van der Waals surface area contributed by atoms with Crippen molar-refractivity contribution in [3.63, 3.8) is 0 Å². The first-order valence-electron chi connectivity index (χ1n) is 9.52. The number of carbonyl (C=O) groups excluding carboxylic acids is 1. The molecule has 0 spiro atoms. The van der Waals surface area contributed by atoms with Gasteiger partial charge >= 0.3 is 0 Å². The van der Waals surface area contributed by atoms with Crippen LogP contribution in [0.2, 0.25) is 0 Å². The largest absolute Gasteiger partial charge is 0.497 e. The molecule has 10 heteroatoms. The first-order valence-corrected chi connectivity index (χ1v) is 9.52. The van der Waals surface area contributed by atoms with Gasteiger partial charge in [0.25, 0.3) is 5.69 Å². The van der Waals surface area contributed by atoms with Gasteiger partial charge in [-0.3, -0.25) is 14.9 Å². The molecule has 0 fully saturated rings. The second-order valence-corrected chi connectivity index (χ2v) is 6.75. The van der Waals surface area contributed by atoms with E-state index in [1.54, 1.807) is 43.5 Å². The van der Waals surface area contributed by atoms with Crippen molar-refractivity contribution in [1.29, 1.82) is 0 Å². The van der Waals surface area contributed by atoms with Gasteiger partial charge in [-0.2, -0.15) is 5.01 Å². The number of hydrogen-bond donors (Lipinski definition) is 0. The SMILES string of the molecule is COc1cccc(C2=NN(C(C)=O)C(c3ccc(Oc4ccc([N+](=O)[O-])cn4)cc3)O2)c1. The van der Waals surface area contributed by atoms with Crippen molar-refractivity contribution in [1.82, 2.24) is 9.99 Å². The van der Waals surface area contributed by atoms with Crippen LogP contribution >= 0.6 is 0 Å². The highest BCUT2D eigenvalue weighted by Crippen LogP contribution is 2.32. The number of benzene rings is 2. The molecule has 32 heavy (non-hydrogen) atoms. The highest BCUT2D eigenvalue weighted by molar-refractivity contribution is 5.96. The van der Waals surface area contributed by atoms with E-state index in [1.807, 2.05) is 12.1 Å². The minimum absolute atomic E-state index is 0.123. The van der Waals surface area contributed by atoms with E-state index in [9.17, 15) is 14.9 Å². The highest BCUT2D eigenvalue weighted by Gasteiger charge is 2.33. The van der Waals surface area contributed by atoms with Crippen LogP contribution in [0.15, 0.2) is 72.0 Å². The molecule has 1 aliphatic heterocycles. The number of hydrogen-bond acceptors (Lipinski definition) is 8. The predicted molar refractivity (Wildman–Crippen MR) is 113 cm³/mol. The maximum absolute atomic E-state index is 12.1. The monoisotopic (exact) mass is 434 g/mol. The topological polar surface area (TPSA) is 116 Å². The van der Waals surface area contributed by atoms with Crippen molar-refractivity contribution in [2.24, 2.45) is 5.10 Å². The van der Waals surface area contributed by atoms with Gasteiger partial charge < -0.3 is 14.2 Å². The van der Waals surface area contributed by atoms with Crippen molar-refractivity contribution in [3.8, 4) is 17.4 Å². The molecule has 0 radical (unpaired) electrons. The van der Waals surface area contributed by atoms with Gasteiger partial charge in [-0.05, 0) is 42.5 Å². The molecule has 2 aromatic carbocycles. The van der Waals surface area contributed by atoms with E-state index < -0.39 is 11.2 Å². The van der Waals surface area contributed by atoms with Crippen LogP contribution in [0.5, 0.6) is 17.4 Å². The van der Waals surface area contributed by atoms with Crippen LogP contribution < -0.4 is 9.47 Å². The van der Waals surface area contributed by atoms with E-state index in [0.29, 0.717) is 28.5 Å². The van der Waals surface area contributed by atoms with Crippen molar-refractivity contribution in [2.75, 3.05) is 7.11 Å². The molecule has 4 rings (SSSR count). The maximum Gasteiger partial charge on any atom is 0.287 e. The minimum atomic E-state index is -0.736. The van der Waals surface area contributed by atoms with Gasteiger partial charge in [-0.25, -0.2) is 4.98 Å². The molecule has 1 amide bonds. The Morgan fingerprint density at radius 3 is 2.53 bits per heavy atom. The Morgan fingerprint density at radius 1 is 1.12 bits per heavy atom. The Labute approximate surface area is 182 Å². The summed E-state index contributed by atoms with van der Waals surface area (Å²) >= 11 is 0. The Morgan fingerprint density at radius 2 is 1.91 bits per heavy atom. The summed E-state index contributed by atoms with van der Waals surface area (Å²) in [5, 5.41) is 16.3. The number of hydrazone groups is 1. The third kappa shape index (κ3) is 4.33. The summed E-state index contributed by atoms with van der Waals surface area (Å²) < 4.78 is 16.8. The lowest BCUT2D eigenvalue weighted by atomic mass is 10.2. The van der Waals surface area contributed by atoms with Crippen LogP contribution in [0.1, 0.15) is 24.3 Å². The lowest BCUT2D eigenvalue weighted by Crippen LogP contribution is -2.25. The molecule has 3 aromatic rings. The number of ether oxygens (including phenoxy) is 3. The molecule has 2 heterocycles. The van der Waals surface area contributed by atoms with E-state index >= 15 is 0 Å². The summed E-state index contributed by atoms with van der Waals surface area (Å²) in [5.74, 6) is 1.36. The van der Waals surface area contributed by atoms with Gasteiger partial charge in [-0.15, -0.1) is 5.10 Å². The predicted octanol–water partition coefficient (Wildman–Crippen LogP) is 4.03. The van der Waals surface area contributed by atoms with Crippen LogP contribution in [0.25, 0.3) is 0 Å². The van der Waals surface area contributed by atoms with Crippen molar-refractivity contribution in [2.45, 2.75) is 13.2 Å². The van der Waals surface area contributed by atoms with E-state index in [1.165, 1.54) is 24.1 Å². The normalized spacial score (nSPS) is 15.0. The van der Waals surface area contributed by atoms with Gasteiger partial charge in [0.05, 0.1) is 12.0 Å². The molecule has 1 unspecified atom stereocenters. The van der Waals surface area contributed by atoms with Crippen LogP contribution in [0.3, 0.4) is 0 Å². The third-order valence-corrected chi connectivity index (χ3v) is 4.60. The Hall–Kier alpha value is -4.47. The van der Waals surface area contributed by atoms with Crippen LogP contribution in [-0.2, 0) is 9.53 Å². The molecule has 0 saturated heterocycles. The Kier molecular flexibility index (Phi) is 5.67. The molecular weight excluding hydrogens is 416 g/mol. The van der Waals surface area contributed by atoms with Gasteiger partial charge in [0.2, 0.25) is 23.9 Å². The number of rotatable bonds is 6. The lowest BCUT2D eigenvalue weighted by Gasteiger charge is -2.19. The fraction of sp³-hybridized carbons (Fsp3) is 0.136. The van der Waals surface area contributed by atoms with E-state index in [-0.39, 0.29) is 17.5 Å². The molecule has 10 nitrogen and oxygen atoms in total. The Balaban J connectivity index is 1.51. The van der Waals surface area contributed by atoms with E-state index in [4.69, 9.17) is 14.2 Å². The van der Waals surface area contributed by atoms with Crippen LogP contribution in [-0.4, -0.2) is 33.8 Å². The zero-order valence-electron chi connectivity index (χ0n) is 17.2. The van der Waals surface area contributed by atoms with Crippen molar-refractivity contribution in [3.05, 3.63) is 88.1 Å². The third-order valence-electron chi connectivity index (χ3n) is 4.60. The van der Waals surface area contributed by atoms with Crippen LogP contribution in [0, 0.1) is 10.1 Å². The minimum Gasteiger partial charge on any atom is -0.497 e. The molecule has 0 aliphatic carbocycles. The molecule has 1 aliphatic rings. The molecular formula is C22H18N4O6. The lowest BCUT2D eigenvalue weighted by molar-refractivity contribution is -0.385. The van der Waals surface area contributed by atoms with Gasteiger partial charge in [-0.1, -0.05) is 6.07 Å². The van der Waals surface area contributed by atoms with Crippen LogP contribution in [0.4, 0.5) is 5.69 Å². The quantitative estimate of drug-likeness (QED) is 0.425. The van der Waals surface area contributed by atoms with Crippen molar-refractivity contribution < 1.29 is 23.9 Å². The first-order chi connectivity index (χ1) is 15.4. The smallest absolute Gasteiger partial charge is 0.287 e. The maximum atomic E-state index is 12.1. The zero-order chi connectivity index (χ0) is 22.7. The number of nitro groups is 1. The summed E-state index contributed by atoms with van der Waals surface area (Å²) in [4.78, 5) is 26.3. The molecule has 1 atom stereocenters. The molecule has 0 N–H and O–H groups in total. The van der Waals surface area contributed by atoms with E-state index in [0.717, 1.165) is 6.20 Å². The molecule has 1 aromatic heterocycles. The van der Waals surface area contributed by atoms with Gasteiger partial charge in [0, 0.05) is 30.2 Å². The molecule has 162 valence electrons. The second kappa shape index (κ2) is 8.72. The number of aromatic nitrogens is 1. The second-order valence-electron chi connectivity index (χ2n) is 6.75. The average molecular weight is 434 g/mol. The Bertz CT molecular complexity index is 1180. The van der Waals surface area contributed by atoms with Gasteiger partial charge in [0.1, 0.15) is 17.7 Å². The standard InChI is InChI=1S/C22H18N4O6/c1-14(27)25-22(32-21(24-25)16-4-3-5-19(12-16)30-2)15-6-9-18(10-7-15)31-20-11-8-17(13-23-20)26(28)29/h3-13,22H,1-2H3. The van der Waals surface area contributed by atoms with E-state index in [2.05, 4.69) is 10.1 Å². The fourth-order valence-electron chi connectivity index (χ4n) is 3.02. The molecule has 0 saturated carbocycles. The molecule has 0 bridgehead atoms. The summed E-state index contributed by atoms with van der Waals surface area (Å²) in [5.41, 5.74) is 1.25. The van der Waals surface area contributed by atoms with Gasteiger partial charge in [0.15, 0.2) is 0 Å². The average Bonchev–Trinajstić information content (AvgIpc) is 3.26. The highest BCUT2D eigenvalue weighted by atomic mass is 16.6. The zero-order valence-corrected chi connectivity index (χ0v) is 17.2. The van der Waals surface area contributed by atoms with Crippen molar-refractivity contribution >= 4 is 17.5 Å². The number of amides is 1. The summed E-state index contributed by atoms with van der Waals surface area (Å²) in [6, 6.07) is 16.8. The number of carbonyl (C=O) groups is 1. The summed E-state index contributed by atoms with van der Waals surface area (Å²) in [7, 11) is 1.57.